The van der Waals surface area contributed by atoms with Crippen molar-refractivity contribution in [3.8, 4) is 5.69 Å². The van der Waals surface area contributed by atoms with Gasteiger partial charge in [0.05, 0.1) is 16.7 Å². The van der Waals surface area contributed by atoms with E-state index in [0.29, 0.717) is 0 Å². The van der Waals surface area contributed by atoms with E-state index in [0.717, 1.165) is 0 Å². The number of nitro groups is 1. The summed E-state index contributed by atoms with van der Waals surface area (Å²) >= 11 is 0. The molecule has 1 aromatic carbocycles. The maximum Gasteiger partial charge on any atom is 0.433 e. The predicted molar refractivity (Wildman–Crippen MR) is 68.0 cm³/mol. The van der Waals surface area contributed by atoms with E-state index in [1.54, 1.807) is 0 Å². The molecule has 0 fully saturated rings. The molecule has 0 bridgehead atoms. The number of alkyl halides is 3. The lowest BCUT2D eigenvalue weighted by Crippen LogP contribution is -2.45. The normalized spacial score (nSPS) is 11.5. The van der Waals surface area contributed by atoms with Crippen LogP contribution in [0.4, 0.5) is 27.6 Å². The fourth-order valence-corrected chi connectivity index (χ4v) is 1.83. The molecule has 2 N–H and O–H groups in total. The standard InChI is InChI=1S/C11H5F5N4O4/c12-4-2-7(20(23)24)5(13)1-6(4)18-9(21)3-8(11(14,15)16)19(17)10(18)22/h1-3H,17H2. The average molecular weight is 352 g/mol. The molecular formula is C11H5F5N4O4. The molecule has 2 aromatic rings. The summed E-state index contributed by atoms with van der Waals surface area (Å²) in [5, 5.41) is 10.5. The monoisotopic (exact) mass is 352 g/mol. The number of nitrogen functional groups attached to an aromatic ring is 1. The second kappa shape index (κ2) is 5.43. The van der Waals surface area contributed by atoms with Gasteiger partial charge in [0, 0.05) is 12.1 Å². The minimum atomic E-state index is -5.15. The van der Waals surface area contributed by atoms with Gasteiger partial charge in [0.25, 0.3) is 5.56 Å². The van der Waals surface area contributed by atoms with Gasteiger partial charge in [-0.2, -0.15) is 17.6 Å². The van der Waals surface area contributed by atoms with Crippen LogP contribution in [0.15, 0.2) is 27.8 Å². The molecule has 0 saturated carbocycles. The lowest BCUT2D eigenvalue weighted by molar-refractivity contribution is -0.387. The number of aromatic nitrogens is 2. The van der Waals surface area contributed by atoms with Gasteiger partial charge in [0.1, 0.15) is 0 Å². The van der Waals surface area contributed by atoms with Crippen LogP contribution in [0.3, 0.4) is 0 Å². The highest BCUT2D eigenvalue weighted by atomic mass is 19.4. The van der Waals surface area contributed by atoms with Crippen LogP contribution in [0.5, 0.6) is 0 Å². The van der Waals surface area contributed by atoms with E-state index in [1.807, 2.05) is 0 Å². The Balaban J connectivity index is 2.83. The largest absolute Gasteiger partial charge is 0.433 e. The van der Waals surface area contributed by atoms with Crippen LogP contribution < -0.4 is 17.1 Å². The lowest BCUT2D eigenvalue weighted by Gasteiger charge is -2.13. The molecular weight excluding hydrogens is 347 g/mol. The Labute approximate surface area is 127 Å². The molecule has 0 spiro atoms. The number of hydrogen-bond donors (Lipinski definition) is 1. The van der Waals surface area contributed by atoms with Gasteiger partial charge in [-0.3, -0.25) is 14.9 Å². The van der Waals surface area contributed by atoms with Gasteiger partial charge >= 0.3 is 17.6 Å². The van der Waals surface area contributed by atoms with Crippen molar-refractivity contribution in [2.24, 2.45) is 0 Å². The summed E-state index contributed by atoms with van der Waals surface area (Å²) in [5.41, 5.74) is -7.69. The number of halogens is 5. The third kappa shape index (κ3) is 2.70. The Bertz CT molecular complexity index is 963. The minimum absolute atomic E-state index is 0.0784. The Morgan fingerprint density at radius 2 is 1.67 bits per heavy atom. The smallest absolute Gasteiger partial charge is 0.335 e. The second-order valence-corrected chi connectivity index (χ2v) is 4.37. The van der Waals surface area contributed by atoms with Crippen molar-refractivity contribution in [3.05, 3.63) is 66.5 Å². The van der Waals surface area contributed by atoms with Crippen LogP contribution in [-0.4, -0.2) is 14.2 Å². The third-order valence-corrected chi connectivity index (χ3v) is 2.88. The summed E-state index contributed by atoms with van der Waals surface area (Å²) in [4.78, 5) is 32.8. The minimum Gasteiger partial charge on any atom is -0.335 e. The lowest BCUT2D eigenvalue weighted by atomic mass is 10.2. The Kier molecular flexibility index (Phi) is 3.87. The molecule has 0 aliphatic heterocycles. The molecule has 13 heteroatoms. The summed E-state index contributed by atoms with van der Waals surface area (Å²) in [6.07, 6.45) is -5.15. The molecule has 1 heterocycles. The van der Waals surface area contributed by atoms with E-state index < -0.39 is 55.7 Å². The number of rotatable bonds is 2. The van der Waals surface area contributed by atoms with Gasteiger partial charge in [0.15, 0.2) is 11.5 Å². The number of nitrogens with zero attached hydrogens (tertiary/aromatic N) is 3. The van der Waals surface area contributed by atoms with Crippen molar-refractivity contribution in [2.45, 2.75) is 6.18 Å². The SMILES string of the molecule is Nn1c(C(F)(F)F)cc(=O)n(-c2cc(F)c([N+](=O)[O-])cc2F)c1=O. The van der Waals surface area contributed by atoms with Gasteiger partial charge in [-0.15, -0.1) is 0 Å². The number of nitro benzene ring substituents is 1. The molecule has 0 aliphatic rings. The highest BCUT2D eigenvalue weighted by Crippen LogP contribution is 2.27. The number of hydrogen-bond acceptors (Lipinski definition) is 5. The topological polar surface area (TPSA) is 113 Å². The van der Waals surface area contributed by atoms with Gasteiger partial charge < -0.3 is 5.84 Å². The molecule has 0 unspecified atom stereocenters. The van der Waals surface area contributed by atoms with Crippen molar-refractivity contribution in [1.82, 2.24) is 9.24 Å². The van der Waals surface area contributed by atoms with Crippen molar-refractivity contribution in [1.29, 1.82) is 0 Å². The Morgan fingerprint density at radius 3 is 2.17 bits per heavy atom. The van der Waals surface area contributed by atoms with Gasteiger partial charge in [-0.25, -0.2) is 18.4 Å². The van der Waals surface area contributed by atoms with E-state index in [2.05, 4.69) is 0 Å². The van der Waals surface area contributed by atoms with Gasteiger partial charge in [0.2, 0.25) is 5.82 Å². The van der Waals surface area contributed by atoms with Crippen molar-refractivity contribution >= 4 is 5.69 Å². The molecule has 2 rings (SSSR count). The average Bonchev–Trinajstić information content (AvgIpc) is 2.44. The molecule has 0 aliphatic carbocycles. The summed E-state index contributed by atoms with van der Waals surface area (Å²) in [7, 11) is 0. The molecule has 0 amide bonds. The maximum absolute atomic E-state index is 13.9. The summed E-state index contributed by atoms with van der Waals surface area (Å²) in [5.74, 6) is 1.76. The Morgan fingerprint density at radius 1 is 1.08 bits per heavy atom. The highest BCUT2D eigenvalue weighted by Gasteiger charge is 2.36. The first-order valence-electron chi connectivity index (χ1n) is 5.80. The van der Waals surface area contributed by atoms with Crippen LogP contribution in [0.1, 0.15) is 5.69 Å². The third-order valence-electron chi connectivity index (χ3n) is 2.88. The van der Waals surface area contributed by atoms with E-state index in [-0.39, 0.29) is 22.8 Å². The fraction of sp³-hybridized carbons (Fsp3) is 0.0909. The number of nitrogens with two attached hydrogens (primary N) is 1. The molecule has 1 aromatic heterocycles. The zero-order chi connectivity index (χ0) is 18.4. The molecule has 0 saturated heterocycles. The first-order valence-corrected chi connectivity index (χ1v) is 5.80. The van der Waals surface area contributed by atoms with E-state index in [9.17, 15) is 41.7 Å². The molecule has 8 nitrogen and oxygen atoms in total. The van der Waals surface area contributed by atoms with E-state index in [1.165, 1.54) is 0 Å². The van der Waals surface area contributed by atoms with E-state index in [4.69, 9.17) is 5.84 Å². The van der Waals surface area contributed by atoms with Crippen molar-refractivity contribution in [2.75, 3.05) is 5.84 Å². The first-order chi connectivity index (χ1) is 10.9. The molecule has 24 heavy (non-hydrogen) atoms. The van der Waals surface area contributed by atoms with Crippen LogP contribution in [0.2, 0.25) is 0 Å². The maximum atomic E-state index is 13.9. The second-order valence-electron chi connectivity index (χ2n) is 4.37. The predicted octanol–water partition coefficient (Wildman–Crippen LogP) is 0.918. The van der Waals surface area contributed by atoms with E-state index >= 15 is 0 Å². The molecule has 128 valence electrons. The van der Waals surface area contributed by atoms with Gasteiger partial charge in [-0.05, 0) is 0 Å². The quantitative estimate of drug-likeness (QED) is 0.374. The summed E-state index contributed by atoms with van der Waals surface area (Å²) < 4.78 is 64.7. The van der Waals surface area contributed by atoms with Crippen LogP contribution in [0.25, 0.3) is 5.69 Å². The van der Waals surface area contributed by atoms with Crippen LogP contribution in [-0.2, 0) is 6.18 Å². The fourth-order valence-electron chi connectivity index (χ4n) is 1.83. The van der Waals surface area contributed by atoms with Crippen molar-refractivity contribution < 1.29 is 26.9 Å². The van der Waals surface area contributed by atoms with Crippen LogP contribution in [0, 0.1) is 21.7 Å². The van der Waals surface area contributed by atoms with Crippen LogP contribution >= 0.6 is 0 Å². The zero-order valence-electron chi connectivity index (χ0n) is 11.2. The molecule has 0 radical (unpaired) electrons. The van der Waals surface area contributed by atoms with Crippen molar-refractivity contribution in [3.63, 3.8) is 0 Å². The first kappa shape index (κ1) is 17.1. The number of benzene rings is 1. The summed E-state index contributed by atoms with van der Waals surface area (Å²) in [6, 6.07) is 0.110. The highest BCUT2D eigenvalue weighted by molar-refractivity contribution is 5.44. The summed E-state index contributed by atoms with van der Waals surface area (Å²) in [6.45, 7) is 0. The zero-order valence-corrected chi connectivity index (χ0v) is 11.2. The van der Waals surface area contributed by atoms with Gasteiger partial charge in [-0.1, -0.05) is 0 Å². The Hall–Kier alpha value is -3.25. The molecule has 0 atom stereocenters.